The van der Waals surface area contributed by atoms with E-state index in [9.17, 15) is 0 Å². The Morgan fingerprint density at radius 1 is 1.25 bits per heavy atom. The summed E-state index contributed by atoms with van der Waals surface area (Å²) in [5.74, 6) is -0.502. The molecule has 4 nitrogen and oxygen atoms in total. The maximum Gasteiger partial charge on any atom is 0.172 e. The highest BCUT2D eigenvalue weighted by Gasteiger charge is 2.51. The van der Waals surface area contributed by atoms with Gasteiger partial charge in [0.25, 0.3) is 0 Å². The van der Waals surface area contributed by atoms with Crippen molar-refractivity contribution < 1.29 is 14.2 Å². The van der Waals surface area contributed by atoms with Crippen molar-refractivity contribution in [1.82, 2.24) is 5.32 Å². The molecule has 2 unspecified atom stereocenters. The first-order chi connectivity index (χ1) is 13.1. The average molecular weight is 390 g/mol. The van der Waals surface area contributed by atoms with Crippen molar-refractivity contribution in [1.29, 1.82) is 0 Å². The molecule has 0 radical (unpaired) electrons. The summed E-state index contributed by atoms with van der Waals surface area (Å²) in [6, 6.07) is 0. The normalized spacial score (nSPS) is 33.5. The van der Waals surface area contributed by atoms with Crippen LogP contribution in [0.3, 0.4) is 0 Å². The zero-order valence-electron chi connectivity index (χ0n) is 18.5. The van der Waals surface area contributed by atoms with Gasteiger partial charge in [-0.2, -0.15) is 0 Å². The van der Waals surface area contributed by atoms with Crippen LogP contribution in [0, 0.1) is 5.41 Å². The minimum Gasteiger partial charge on any atom is -0.374 e. The maximum atomic E-state index is 6.52. The van der Waals surface area contributed by atoms with E-state index in [1.807, 2.05) is 0 Å². The number of hydrogen-bond acceptors (Lipinski definition) is 4. The number of ether oxygens (including phenoxy) is 3. The minimum atomic E-state index is -0.502. The van der Waals surface area contributed by atoms with E-state index in [4.69, 9.17) is 14.2 Å². The molecule has 2 saturated heterocycles. The Balaban J connectivity index is 1.54. The summed E-state index contributed by atoms with van der Waals surface area (Å²) in [4.78, 5) is 0. The fourth-order valence-electron chi connectivity index (χ4n) is 5.35. The van der Waals surface area contributed by atoms with Crippen molar-refractivity contribution in [2.45, 2.75) is 89.7 Å². The third-order valence-corrected chi connectivity index (χ3v) is 6.26. The molecule has 0 saturated carbocycles. The summed E-state index contributed by atoms with van der Waals surface area (Å²) in [7, 11) is 0. The quantitative estimate of drug-likeness (QED) is 0.655. The first-order valence-electron chi connectivity index (χ1n) is 10.8. The minimum absolute atomic E-state index is 0.0160. The molecule has 28 heavy (non-hydrogen) atoms. The van der Waals surface area contributed by atoms with Crippen LogP contribution in [0.25, 0.3) is 0 Å². The van der Waals surface area contributed by atoms with Crippen LogP contribution in [0.5, 0.6) is 0 Å². The molecule has 1 spiro atoms. The Kier molecular flexibility index (Phi) is 6.26. The molecular formula is C24H39NO3. The molecule has 0 aromatic rings. The van der Waals surface area contributed by atoms with Crippen molar-refractivity contribution in [3.8, 4) is 0 Å². The first kappa shape index (κ1) is 21.8. The molecule has 3 aliphatic rings. The Bertz CT molecular complexity index is 618. The summed E-state index contributed by atoms with van der Waals surface area (Å²) < 4.78 is 18.8. The van der Waals surface area contributed by atoms with Gasteiger partial charge in [-0.25, -0.2) is 0 Å². The van der Waals surface area contributed by atoms with Crippen LogP contribution >= 0.6 is 0 Å². The number of hydrogen-bond donors (Lipinski definition) is 1. The molecule has 2 atom stereocenters. The van der Waals surface area contributed by atoms with Gasteiger partial charge in [0, 0.05) is 29.3 Å². The van der Waals surface area contributed by atoms with Gasteiger partial charge in [0.15, 0.2) is 5.79 Å². The number of piperidine rings is 1. The monoisotopic (exact) mass is 389 g/mol. The molecule has 0 aromatic heterocycles. The SMILES string of the molecule is C=CC1(CC)C=CC=C(COCC2CCOC3(CC(C)(C)NC(C)(C)C3)O2)C1. The topological polar surface area (TPSA) is 39.7 Å². The molecule has 2 heterocycles. The molecule has 158 valence electrons. The average Bonchev–Trinajstić information content (AvgIpc) is 2.59. The van der Waals surface area contributed by atoms with Crippen LogP contribution < -0.4 is 5.32 Å². The van der Waals surface area contributed by atoms with Gasteiger partial charge in [0.05, 0.1) is 25.9 Å². The van der Waals surface area contributed by atoms with E-state index < -0.39 is 5.79 Å². The smallest absolute Gasteiger partial charge is 0.172 e. The van der Waals surface area contributed by atoms with Gasteiger partial charge in [-0.05, 0) is 52.5 Å². The molecule has 0 aromatic carbocycles. The van der Waals surface area contributed by atoms with Crippen molar-refractivity contribution in [2.24, 2.45) is 5.41 Å². The summed E-state index contributed by atoms with van der Waals surface area (Å²) in [6.07, 6.45) is 13.4. The van der Waals surface area contributed by atoms with Gasteiger partial charge in [0.1, 0.15) is 0 Å². The lowest BCUT2D eigenvalue weighted by Crippen LogP contribution is -2.66. The third kappa shape index (κ3) is 5.15. The highest BCUT2D eigenvalue weighted by Crippen LogP contribution is 2.42. The second-order valence-electron chi connectivity index (χ2n) is 10.2. The van der Waals surface area contributed by atoms with E-state index in [1.54, 1.807) is 0 Å². The van der Waals surface area contributed by atoms with E-state index in [2.05, 4.69) is 70.8 Å². The first-order valence-corrected chi connectivity index (χ1v) is 10.8. The largest absolute Gasteiger partial charge is 0.374 e. The van der Waals surface area contributed by atoms with Crippen LogP contribution in [-0.2, 0) is 14.2 Å². The van der Waals surface area contributed by atoms with Gasteiger partial charge < -0.3 is 19.5 Å². The van der Waals surface area contributed by atoms with Gasteiger partial charge in [0.2, 0.25) is 0 Å². The molecule has 0 bridgehead atoms. The van der Waals surface area contributed by atoms with Gasteiger partial charge in [-0.15, -0.1) is 6.58 Å². The van der Waals surface area contributed by atoms with E-state index in [0.29, 0.717) is 13.2 Å². The Morgan fingerprint density at radius 3 is 2.61 bits per heavy atom. The summed E-state index contributed by atoms with van der Waals surface area (Å²) in [5.41, 5.74) is 1.38. The van der Waals surface area contributed by atoms with E-state index >= 15 is 0 Å². The molecule has 2 fully saturated rings. The lowest BCUT2D eigenvalue weighted by Gasteiger charge is -2.54. The fraction of sp³-hybridized carbons (Fsp3) is 0.750. The van der Waals surface area contributed by atoms with Crippen LogP contribution in [0.15, 0.2) is 36.5 Å². The lowest BCUT2D eigenvalue weighted by atomic mass is 9.76. The third-order valence-electron chi connectivity index (χ3n) is 6.26. The van der Waals surface area contributed by atoms with Crippen molar-refractivity contribution >= 4 is 0 Å². The molecule has 0 amide bonds. The van der Waals surface area contributed by atoms with Crippen LogP contribution in [-0.4, -0.2) is 42.8 Å². The predicted octanol–water partition coefficient (Wildman–Crippen LogP) is 4.91. The summed E-state index contributed by atoms with van der Waals surface area (Å²) in [5, 5.41) is 3.71. The van der Waals surface area contributed by atoms with Gasteiger partial charge >= 0.3 is 0 Å². The van der Waals surface area contributed by atoms with Crippen LogP contribution in [0.4, 0.5) is 0 Å². The number of nitrogens with one attached hydrogen (secondary N) is 1. The van der Waals surface area contributed by atoms with Crippen molar-refractivity contribution in [2.75, 3.05) is 19.8 Å². The molecule has 3 rings (SSSR count). The van der Waals surface area contributed by atoms with Crippen LogP contribution in [0.1, 0.15) is 66.7 Å². The van der Waals surface area contributed by atoms with Crippen molar-refractivity contribution in [3.05, 3.63) is 36.5 Å². The zero-order chi connectivity index (χ0) is 20.5. The van der Waals surface area contributed by atoms with E-state index in [-0.39, 0.29) is 22.6 Å². The number of rotatable bonds is 6. The highest BCUT2D eigenvalue weighted by atomic mass is 16.7. The Morgan fingerprint density at radius 2 is 1.96 bits per heavy atom. The molecule has 1 aliphatic carbocycles. The van der Waals surface area contributed by atoms with E-state index in [0.717, 1.165) is 38.7 Å². The molecule has 2 aliphatic heterocycles. The fourth-order valence-corrected chi connectivity index (χ4v) is 5.35. The Hall–Kier alpha value is -0.940. The predicted molar refractivity (Wildman–Crippen MR) is 114 cm³/mol. The highest BCUT2D eigenvalue weighted by molar-refractivity contribution is 5.27. The Labute approximate surface area is 171 Å². The standard InChI is InChI=1S/C24H39NO3/c1-7-23(8-2)12-9-10-19(14-23)15-26-16-20-11-13-27-24(28-20)17-21(3,4)25-22(5,6)18-24/h7,9-10,12,20,25H,1,8,11,13-18H2,2-6H3. The zero-order valence-corrected chi connectivity index (χ0v) is 18.5. The molecule has 4 heteroatoms. The van der Waals surface area contributed by atoms with Crippen LogP contribution in [0.2, 0.25) is 0 Å². The van der Waals surface area contributed by atoms with Gasteiger partial charge in [-0.3, -0.25) is 0 Å². The van der Waals surface area contributed by atoms with Crippen molar-refractivity contribution in [3.63, 3.8) is 0 Å². The van der Waals surface area contributed by atoms with E-state index in [1.165, 1.54) is 5.57 Å². The molecule has 1 N–H and O–H groups in total. The maximum absolute atomic E-state index is 6.52. The second-order valence-corrected chi connectivity index (χ2v) is 10.2. The lowest BCUT2D eigenvalue weighted by molar-refractivity contribution is -0.324. The summed E-state index contributed by atoms with van der Waals surface area (Å²) in [6.45, 7) is 17.2. The second kappa shape index (κ2) is 8.06. The molecular weight excluding hydrogens is 350 g/mol. The number of allylic oxidation sites excluding steroid dienone is 4. The summed E-state index contributed by atoms with van der Waals surface area (Å²) >= 11 is 0. The van der Waals surface area contributed by atoms with Gasteiger partial charge in [-0.1, -0.05) is 31.2 Å².